The molecule has 2 nitrogen and oxygen atoms in total. The molecular weight excluding hydrogens is 284 g/mol. The standard InChI is InChI=1S/C21H32O2/c1-15(2)17-9-7-11-20(22,13-17)19(5,6)21(23)12-8-10-18(14-21)16(3)4/h7-12,15-16,22-23H,13-14H2,1-6H3. The molecule has 2 aliphatic carbocycles. The predicted molar refractivity (Wildman–Crippen MR) is 97.0 cm³/mol. The van der Waals surface area contributed by atoms with Gasteiger partial charge in [0.2, 0.25) is 0 Å². The zero-order valence-corrected chi connectivity index (χ0v) is 15.4. The monoisotopic (exact) mass is 316 g/mol. The Morgan fingerprint density at radius 3 is 1.48 bits per heavy atom. The van der Waals surface area contributed by atoms with E-state index in [-0.39, 0.29) is 0 Å². The van der Waals surface area contributed by atoms with Crippen LogP contribution in [0.1, 0.15) is 54.4 Å². The van der Waals surface area contributed by atoms with Crippen LogP contribution < -0.4 is 0 Å². The van der Waals surface area contributed by atoms with Gasteiger partial charge in [-0.05, 0) is 11.8 Å². The molecule has 2 atom stereocenters. The lowest BCUT2D eigenvalue weighted by Crippen LogP contribution is -2.58. The molecule has 0 saturated heterocycles. The Hall–Kier alpha value is -1.12. The lowest BCUT2D eigenvalue weighted by molar-refractivity contribution is -0.135. The quantitative estimate of drug-likeness (QED) is 0.798. The highest BCUT2D eigenvalue weighted by Gasteiger charge is 2.55. The van der Waals surface area contributed by atoms with Gasteiger partial charge in [0.05, 0.1) is 11.2 Å². The van der Waals surface area contributed by atoms with E-state index in [1.807, 2.05) is 38.2 Å². The maximum atomic E-state index is 11.4. The van der Waals surface area contributed by atoms with Gasteiger partial charge in [-0.3, -0.25) is 0 Å². The molecule has 2 N–H and O–H groups in total. The van der Waals surface area contributed by atoms with E-state index in [0.29, 0.717) is 24.7 Å². The molecule has 128 valence electrons. The van der Waals surface area contributed by atoms with Crippen LogP contribution >= 0.6 is 0 Å². The number of hydrogen-bond acceptors (Lipinski definition) is 2. The maximum absolute atomic E-state index is 11.4. The molecule has 2 rings (SSSR count). The Balaban J connectivity index is 2.35. The Labute approximate surface area is 141 Å². The fraction of sp³-hybridized carbons (Fsp3) is 0.619. The molecule has 0 heterocycles. The van der Waals surface area contributed by atoms with Gasteiger partial charge in [0, 0.05) is 18.3 Å². The molecule has 0 radical (unpaired) electrons. The van der Waals surface area contributed by atoms with Crippen molar-refractivity contribution < 1.29 is 10.2 Å². The lowest BCUT2D eigenvalue weighted by atomic mass is 9.57. The second-order valence-corrected chi connectivity index (χ2v) is 8.34. The Kier molecular flexibility index (Phi) is 4.81. The number of allylic oxidation sites excluding steroid dienone is 4. The van der Waals surface area contributed by atoms with E-state index in [1.54, 1.807) is 0 Å². The third-order valence-corrected chi connectivity index (χ3v) is 5.96. The van der Waals surface area contributed by atoms with Crippen molar-refractivity contribution in [2.45, 2.75) is 65.6 Å². The molecule has 2 heteroatoms. The van der Waals surface area contributed by atoms with Crippen LogP contribution in [0.2, 0.25) is 0 Å². The van der Waals surface area contributed by atoms with Crippen molar-refractivity contribution >= 4 is 0 Å². The first-order valence-electron chi connectivity index (χ1n) is 8.74. The van der Waals surface area contributed by atoms with E-state index >= 15 is 0 Å². The van der Waals surface area contributed by atoms with Crippen molar-refractivity contribution in [2.75, 3.05) is 0 Å². The highest BCUT2D eigenvalue weighted by Crippen LogP contribution is 2.51. The average Bonchev–Trinajstić information content (AvgIpc) is 2.47. The van der Waals surface area contributed by atoms with Crippen molar-refractivity contribution in [3.05, 3.63) is 47.6 Å². The third-order valence-electron chi connectivity index (χ3n) is 5.96. The average molecular weight is 316 g/mol. The fourth-order valence-electron chi connectivity index (χ4n) is 3.55. The normalized spacial score (nSPS) is 31.6. The van der Waals surface area contributed by atoms with Crippen LogP contribution in [0, 0.1) is 17.3 Å². The molecule has 0 fully saturated rings. The molecule has 0 aliphatic heterocycles. The topological polar surface area (TPSA) is 40.5 Å². The minimum absolute atomic E-state index is 0.393. The van der Waals surface area contributed by atoms with Gasteiger partial charge in [0.1, 0.15) is 0 Å². The van der Waals surface area contributed by atoms with E-state index in [0.717, 1.165) is 0 Å². The molecule has 2 aliphatic rings. The van der Waals surface area contributed by atoms with E-state index < -0.39 is 16.6 Å². The largest absolute Gasteiger partial charge is 0.385 e. The second kappa shape index (κ2) is 6.07. The predicted octanol–water partition coefficient (Wildman–Crippen LogP) is 4.56. The molecule has 23 heavy (non-hydrogen) atoms. The van der Waals surface area contributed by atoms with Gasteiger partial charge in [-0.15, -0.1) is 0 Å². The van der Waals surface area contributed by atoms with Crippen LogP contribution in [0.5, 0.6) is 0 Å². The highest BCUT2D eigenvalue weighted by molar-refractivity contribution is 5.35. The van der Waals surface area contributed by atoms with Gasteiger partial charge in [-0.2, -0.15) is 0 Å². The van der Waals surface area contributed by atoms with Crippen LogP contribution in [0.3, 0.4) is 0 Å². The van der Waals surface area contributed by atoms with Crippen LogP contribution in [-0.4, -0.2) is 21.4 Å². The molecule has 0 aromatic carbocycles. The summed E-state index contributed by atoms with van der Waals surface area (Å²) in [4.78, 5) is 0. The highest BCUT2D eigenvalue weighted by atomic mass is 16.3. The van der Waals surface area contributed by atoms with Crippen LogP contribution in [-0.2, 0) is 0 Å². The van der Waals surface area contributed by atoms with Crippen molar-refractivity contribution in [1.82, 2.24) is 0 Å². The number of rotatable bonds is 4. The van der Waals surface area contributed by atoms with Gasteiger partial charge < -0.3 is 10.2 Å². The SMILES string of the molecule is CC(C)C1=CC=CC(O)(C(C)(C)C2(O)C=CC=C(C(C)C)C2)C1. The first-order valence-corrected chi connectivity index (χ1v) is 8.74. The van der Waals surface area contributed by atoms with Crippen LogP contribution in [0.4, 0.5) is 0 Å². The summed E-state index contributed by atoms with van der Waals surface area (Å²) in [5, 5.41) is 22.8. The lowest BCUT2D eigenvalue weighted by Gasteiger charge is -2.52. The Morgan fingerprint density at radius 1 is 0.826 bits per heavy atom. The van der Waals surface area contributed by atoms with Crippen molar-refractivity contribution in [3.63, 3.8) is 0 Å². The van der Waals surface area contributed by atoms with Gasteiger partial charge >= 0.3 is 0 Å². The minimum Gasteiger partial charge on any atom is -0.385 e. The molecule has 0 saturated carbocycles. The third kappa shape index (κ3) is 3.12. The zero-order valence-electron chi connectivity index (χ0n) is 15.4. The summed E-state index contributed by atoms with van der Waals surface area (Å²) in [5.74, 6) is 0.787. The molecule has 0 spiro atoms. The maximum Gasteiger partial charge on any atom is 0.0949 e. The van der Waals surface area contributed by atoms with Gasteiger partial charge in [-0.1, -0.05) is 89.1 Å². The van der Waals surface area contributed by atoms with Gasteiger partial charge in [0.15, 0.2) is 0 Å². The first-order chi connectivity index (χ1) is 10.5. The summed E-state index contributed by atoms with van der Waals surface area (Å²) < 4.78 is 0. The van der Waals surface area contributed by atoms with Crippen molar-refractivity contribution in [3.8, 4) is 0 Å². The molecule has 0 aromatic heterocycles. The van der Waals surface area contributed by atoms with Crippen LogP contribution in [0.25, 0.3) is 0 Å². The summed E-state index contributed by atoms with van der Waals surface area (Å²) in [6.07, 6.45) is 12.9. The molecule has 0 aromatic rings. The van der Waals surface area contributed by atoms with E-state index in [4.69, 9.17) is 0 Å². The fourth-order valence-corrected chi connectivity index (χ4v) is 3.55. The smallest absolute Gasteiger partial charge is 0.0949 e. The van der Waals surface area contributed by atoms with Crippen molar-refractivity contribution in [1.29, 1.82) is 0 Å². The van der Waals surface area contributed by atoms with Crippen LogP contribution in [0.15, 0.2) is 47.6 Å². The second-order valence-electron chi connectivity index (χ2n) is 8.34. The Bertz CT molecular complexity index is 525. The van der Waals surface area contributed by atoms with E-state index in [1.165, 1.54) is 11.1 Å². The summed E-state index contributed by atoms with van der Waals surface area (Å²) in [7, 11) is 0. The molecule has 0 bridgehead atoms. The summed E-state index contributed by atoms with van der Waals surface area (Å²) >= 11 is 0. The molecule has 2 unspecified atom stereocenters. The molecular formula is C21H32O2. The summed E-state index contributed by atoms with van der Waals surface area (Å²) in [5.41, 5.74) is -0.354. The summed E-state index contributed by atoms with van der Waals surface area (Å²) in [6, 6.07) is 0. The first kappa shape index (κ1) is 18.2. The molecule has 0 amide bonds. The van der Waals surface area contributed by atoms with Gasteiger partial charge in [-0.25, -0.2) is 0 Å². The van der Waals surface area contributed by atoms with Crippen molar-refractivity contribution in [2.24, 2.45) is 17.3 Å². The van der Waals surface area contributed by atoms with E-state index in [9.17, 15) is 10.2 Å². The van der Waals surface area contributed by atoms with Gasteiger partial charge in [0.25, 0.3) is 0 Å². The number of aliphatic hydroxyl groups is 2. The Morgan fingerprint density at radius 2 is 1.17 bits per heavy atom. The number of hydrogen-bond donors (Lipinski definition) is 2. The zero-order chi connectivity index (χ0) is 17.5. The minimum atomic E-state index is -1.06. The summed E-state index contributed by atoms with van der Waals surface area (Å²) in [6.45, 7) is 12.5. The van der Waals surface area contributed by atoms with E-state index in [2.05, 4.69) is 39.8 Å².